The maximum absolute atomic E-state index is 9.62. The highest BCUT2D eigenvalue weighted by Crippen LogP contribution is 1.65. The van der Waals surface area contributed by atoms with Gasteiger partial charge in [-0.05, 0) is 0 Å². The Morgan fingerprint density at radius 2 is 1.44 bits per heavy atom. The molecule has 9 heavy (non-hydrogen) atoms. The Bertz CT molecular complexity index is 117. The highest BCUT2D eigenvalue weighted by Gasteiger charge is 1.88. The Morgan fingerprint density at radius 1 is 1.11 bits per heavy atom. The van der Waals surface area contributed by atoms with Crippen molar-refractivity contribution in [2.24, 2.45) is 0 Å². The second kappa shape index (κ2) is 3.53. The second-order valence-corrected chi connectivity index (χ2v) is 1.21. The minimum Gasteiger partial charge on any atom is -0.418 e. The van der Waals surface area contributed by atoms with E-state index in [1.54, 1.807) is 0 Å². The Labute approximate surface area is 50.7 Å². The summed E-state index contributed by atoms with van der Waals surface area (Å²) in [5, 5.41) is 35.0. The van der Waals surface area contributed by atoms with Crippen molar-refractivity contribution in [1.82, 2.24) is 0 Å². The summed E-state index contributed by atoms with van der Waals surface area (Å²) in [6.45, 7) is 0. The van der Waals surface area contributed by atoms with Crippen molar-refractivity contribution in [2.75, 3.05) is 0 Å². The molecule has 0 bridgehead atoms. The quantitative estimate of drug-likeness (QED) is 0.226. The Morgan fingerprint density at radius 3 is 1.67 bits per heavy atom. The molecule has 0 aliphatic rings. The third-order valence-corrected chi connectivity index (χ3v) is 0.523. The number of hydrogen-bond acceptors (Lipinski definition) is 4. The third kappa shape index (κ3) is 6.54. The molecule has 0 saturated carbocycles. The predicted molar refractivity (Wildman–Crippen MR) is 27.6 cm³/mol. The zero-order valence-corrected chi connectivity index (χ0v) is 4.47. The van der Waals surface area contributed by atoms with Crippen molar-refractivity contribution < 1.29 is 20.2 Å². The van der Waals surface area contributed by atoms with Crippen LogP contribution >= 0.6 is 0 Å². The van der Waals surface area contributed by atoms with Crippen molar-refractivity contribution in [3.63, 3.8) is 0 Å². The Kier molecular flexibility index (Phi) is 2.96. The average Bonchev–Trinajstić information content (AvgIpc) is 1.63. The van der Waals surface area contributed by atoms with Crippen LogP contribution in [-0.2, 0) is 0 Å². The van der Waals surface area contributed by atoms with Crippen LogP contribution in [0.5, 0.6) is 0 Å². The van der Waals surface area contributed by atoms with Crippen LogP contribution in [0, 0.1) is 10.4 Å². The Balaban J connectivity index is 3.53. The van der Waals surface area contributed by atoms with Gasteiger partial charge in [0.2, 0.25) is 12.4 Å². The van der Waals surface area contributed by atoms with E-state index in [0.29, 0.717) is 0 Å². The second-order valence-electron chi connectivity index (χ2n) is 1.21. The van der Waals surface area contributed by atoms with Gasteiger partial charge in [0.05, 0.1) is 0 Å². The summed E-state index contributed by atoms with van der Waals surface area (Å²) in [6.07, 6.45) is 1.42. The van der Waals surface area contributed by atoms with Gasteiger partial charge in [0.15, 0.2) is 0 Å². The fourth-order valence-corrected chi connectivity index (χ4v) is 0.227. The SMILES string of the molecule is [O-][N+](O)=CCC=[N+]([O-])O. The summed E-state index contributed by atoms with van der Waals surface area (Å²) < 4.78 is 0. The van der Waals surface area contributed by atoms with Crippen LogP contribution < -0.4 is 0 Å². The smallest absolute Gasteiger partial charge is 0.219 e. The van der Waals surface area contributed by atoms with Crippen LogP contribution in [0.15, 0.2) is 0 Å². The van der Waals surface area contributed by atoms with Crippen LogP contribution in [0.2, 0.25) is 0 Å². The molecule has 0 aromatic heterocycles. The molecule has 0 saturated heterocycles. The topological polar surface area (TPSA) is 92.6 Å². The molecule has 0 aromatic carbocycles. The molecule has 0 amide bonds. The summed E-state index contributed by atoms with van der Waals surface area (Å²) in [5.74, 6) is 0. The van der Waals surface area contributed by atoms with Gasteiger partial charge >= 0.3 is 0 Å². The van der Waals surface area contributed by atoms with Gasteiger partial charge in [0, 0.05) is 9.80 Å². The van der Waals surface area contributed by atoms with Crippen LogP contribution in [0.25, 0.3) is 0 Å². The maximum Gasteiger partial charge on any atom is 0.219 e. The molecule has 0 aromatic rings. The first-order valence-corrected chi connectivity index (χ1v) is 2.10. The first-order chi connectivity index (χ1) is 4.13. The molecule has 0 fully saturated rings. The van der Waals surface area contributed by atoms with Gasteiger partial charge in [-0.3, -0.25) is 10.4 Å². The standard InChI is InChI=1S/C3H6N2O4/c6-4(7)2-1-3-5(8)9/h2-3H,1H2,(H,6,7)(H,8,9). The van der Waals surface area contributed by atoms with Crippen molar-refractivity contribution >= 4 is 12.4 Å². The lowest BCUT2D eigenvalue weighted by molar-refractivity contribution is -0.726. The van der Waals surface area contributed by atoms with Crippen molar-refractivity contribution in [1.29, 1.82) is 0 Å². The molecule has 0 aliphatic carbocycles. The van der Waals surface area contributed by atoms with E-state index >= 15 is 0 Å². The molecule has 6 nitrogen and oxygen atoms in total. The number of rotatable bonds is 2. The van der Waals surface area contributed by atoms with Gasteiger partial charge in [0.1, 0.15) is 6.42 Å². The lowest BCUT2D eigenvalue weighted by Crippen LogP contribution is -2.02. The molecule has 6 heteroatoms. The van der Waals surface area contributed by atoms with E-state index in [1.165, 1.54) is 0 Å². The zero-order chi connectivity index (χ0) is 7.28. The van der Waals surface area contributed by atoms with E-state index in [4.69, 9.17) is 10.4 Å². The van der Waals surface area contributed by atoms with E-state index in [9.17, 15) is 10.4 Å². The Hall–Kier alpha value is -1.46. The van der Waals surface area contributed by atoms with Gasteiger partial charge in [-0.1, -0.05) is 0 Å². The molecule has 0 atom stereocenters. The van der Waals surface area contributed by atoms with E-state index in [2.05, 4.69) is 0 Å². The lowest BCUT2D eigenvalue weighted by atomic mass is 10.5. The molecule has 0 unspecified atom stereocenters. The molecule has 0 spiro atoms. The summed E-state index contributed by atoms with van der Waals surface area (Å²) >= 11 is 0. The largest absolute Gasteiger partial charge is 0.418 e. The highest BCUT2D eigenvalue weighted by atomic mass is 16.8. The number of hydrogen-bond donors (Lipinski definition) is 2. The van der Waals surface area contributed by atoms with Crippen LogP contribution in [0.1, 0.15) is 6.42 Å². The molecular formula is C3H6N2O4. The first kappa shape index (κ1) is 7.54. The van der Waals surface area contributed by atoms with E-state index in [-0.39, 0.29) is 6.42 Å². The summed E-state index contributed by atoms with van der Waals surface area (Å²) in [7, 11) is 0. The third-order valence-electron chi connectivity index (χ3n) is 0.523. The van der Waals surface area contributed by atoms with Gasteiger partial charge in [-0.25, -0.2) is 0 Å². The minimum atomic E-state index is -0.444. The molecule has 0 aliphatic heterocycles. The van der Waals surface area contributed by atoms with Crippen LogP contribution in [0.4, 0.5) is 0 Å². The van der Waals surface area contributed by atoms with E-state index in [0.717, 1.165) is 12.4 Å². The van der Waals surface area contributed by atoms with Crippen LogP contribution in [-0.4, -0.2) is 32.6 Å². The monoisotopic (exact) mass is 134 g/mol. The lowest BCUT2D eigenvalue weighted by Gasteiger charge is -1.82. The molecule has 52 valence electrons. The summed E-state index contributed by atoms with van der Waals surface area (Å²) in [4.78, 5) is -0.889. The van der Waals surface area contributed by atoms with E-state index in [1.807, 2.05) is 0 Å². The summed E-state index contributed by atoms with van der Waals surface area (Å²) in [5.41, 5.74) is 0. The van der Waals surface area contributed by atoms with Crippen molar-refractivity contribution in [2.45, 2.75) is 6.42 Å². The molecule has 0 radical (unpaired) electrons. The zero-order valence-electron chi connectivity index (χ0n) is 4.47. The average molecular weight is 134 g/mol. The van der Waals surface area contributed by atoms with Crippen molar-refractivity contribution in [3.05, 3.63) is 10.4 Å². The van der Waals surface area contributed by atoms with Crippen molar-refractivity contribution in [3.8, 4) is 0 Å². The molecule has 0 rings (SSSR count). The maximum atomic E-state index is 9.62. The summed E-state index contributed by atoms with van der Waals surface area (Å²) in [6, 6.07) is 0. The van der Waals surface area contributed by atoms with Gasteiger partial charge in [-0.15, -0.1) is 0 Å². The van der Waals surface area contributed by atoms with Gasteiger partial charge in [-0.2, -0.15) is 0 Å². The highest BCUT2D eigenvalue weighted by molar-refractivity contribution is 5.73. The fourth-order valence-electron chi connectivity index (χ4n) is 0.227. The normalized spacial score (nSPS) is 13.8. The number of nitrogens with zero attached hydrogens (tertiary/aromatic N) is 2. The molecular weight excluding hydrogens is 128 g/mol. The first-order valence-electron chi connectivity index (χ1n) is 2.10. The molecule has 0 heterocycles. The predicted octanol–water partition coefficient (Wildman–Crippen LogP) is -0.683. The fraction of sp³-hybridized carbons (Fsp3) is 0.333. The minimum absolute atomic E-state index is 0.111. The van der Waals surface area contributed by atoms with E-state index < -0.39 is 9.80 Å². The van der Waals surface area contributed by atoms with Gasteiger partial charge < -0.3 is 10.4 Å². The van der Waals surface area contributed by atoms with Crippen LogP contribution in [0.3, 0.4) is 0 Å². The van der Waals surface area contributed by atoms with Gasteiger partial charge in [0.25, 0.3) is 0 Å². The molecule has 2 N–H and O–H groups in total.